The number of pyridine rings is 2. The average molecular weight is 335 g/mol. The number of nitrogens with zero attached hydrogens (tertiary/aromatic N) is 3. The fraction of sp³-hybridized carbons (Fsp3) is 0.333. The molecule has 2 aromatic heterocycles. The van der Waals surface area contributed by atoms with Crippen LogP contribution in [-0.2, 0) is 15.8 Å². The Balaban J connectivity index is 1.67. The molecular formula is C15H17N3O2S2. The van der Waals surface area contributed by atoms with E-state index >= 15 is 0 Å². The number of sulfonamides is 1. The fourth-order valence-corrected chi connectivity index (χ4v) is 4.53. The molecular weight excluding hydrogens is 318 g/mol. The van der Waals surface area contributed by atoms with Gasteiger partial charge in [-0.15, -0.1) is 11.8 Å². The van der Waals surface area contributed by atoms with Gasteiger partial charge in [-0.1, -0.05) is 6.07 Å². The highest BCUT2D eigenvalue weighted by atomic mass is 32.2. The Labute approximate surface area is 134 Å². The van der Waals surface area contributed by atoms with E-state index < -0.39 is 10.0 Å². The van der Waals surface area contributed by atoms with Gasteiger partial charge in [-0.3, -0.25) is 4.98 Å². The highest BCUT2D eigenvalue weighted by Crippen LogP contribution is 2.24. The van der Waals surface area contributed by atoms with Crippen molar-refractivity contribution in [3.8, 4) is 0 Å². The summed E-state index contributed by atoms with van der Waals surface area (Å²) in [4.78, 5) is 8.79. The molecule has 0 unspecified atom stereocenters. The van der Waals surface area contributed by atoms with Crippen LogP contribution in [0.2, 0.25) is 0 Å². The molecule has 3 heterocycles. The quantitative estimate of drug-likeness (QED) is 0.786. The molecule has 0 radical (unpaired) electrons. The van der Waals surface area contributed by atoms with Crippen molar-refractivity contribution in [2.45, 2.75) is 28.5 Å². The molecule has 0 saturated carbocycles. The monoisotopic (exact) mass is 335 g/mol. The standard InChI is InChI=1S/C15H17N3O2S2/c19-22(20,18-9-3-4-10-18)14-6-7-15(17-11-14)21-12-13-5-1-2-8-16-13/h1-2,5-8,11H,3-4,9-10,12H2. The Bertz CT molecular complexity index is 712. The molecule has 0 atom stereocenters. The van der Waals surface area contributed by atoms with Crippen molar-refractivity contribution in [3.05, 3.63) is 48.4 Å². The fourth-order valence-electron chi connectivity index (χ4n) is 2.31. The first-order chi connectivity index (χ1) is 10.7. The van der Waals surface area contributed by atoms with E-state index in [4.69, 9.17) is 0 Å². The van der Waals surface area contributed by atoms with E-state index in [1.54, 1.807) is 30.1 Å². The van der Waals surface area contributed by atoms with Crippen LogP contribution in [0.4, 0.5) is 0 Å². The molecule has 1 fully saturated rings. The maximum absolute atomic E-state index is 12.4. The molecule has 0 N–H and O–H groups in total. The van der Waals surface area contributed by atoms with Crippen LogP contribution < -0.4 is 0 Å². The van der Waals surface area contributed by atoms with E-state index in [0.29, 0.717) is 18.8 Å². The smallest absolute Gasteiger partial charge is 0.244 e. The number of hydrogen-bond donors (Lipinski definition) is 0. The largest absolute Gasteiger partial charge is 0.260 e. The van der Waals surface area contributed by atoms with E-state index in [1.165, 1.54) is 10.5 Å². The topological polar surface area (TPSA) is 63.2 Å². The minimum absolute atomic E-state index is 0.275. The molecule has 1 aliphatic rings. The summed E-state index contributed by atoms with van der Waals surface area (Å²) < 4.78 is 26.3. The molecule has 1 saturated heterocycles. The van der Waals surface area contributed by atoms with Gasteiger partial charge >= 0.3 is 0 Å². The normalized spacial score (nSPS) is 16.0. The maximum Gasteiger partial charge on any atom is 0.244 e. The predicted octanol–water partition coefficient (Wildman–Crippen LogP) is 2.55. The van der Waals surface area contributed by atoms with Gasteiger partial charge in [0.1, 0.15) is 4.90 Å². The minimum Gasteiger partial charge on any atom is -0.260 e. The lowest BCUT2D eigenvalue weighted by molar-refractivity contribution is 0.477. The molecule has 22 heavy (non-hydrogen) atoms. The van der Waals surface area contributed by atoms with Crippen LogP contribution in [0.3, 0.4) is 0 Å². The Morgan fingerprint density at radius 2 is 1.91 bits per heavy atom. The lowest BCUT2D eigenvalue weighted by Crippen LogP contribution is -2.27. The van der Waals surface area contributed by atoms with Crippen molar-refractivity contribution in [2.75, 3.05) is 13.1 Å². The highest BCUT2D eigenvalue weighted by molar-refractivity contribution is 7.98. The second-order valence-corrected chi connectivity index (χ2v) is 7.99. The zero-order valence-corrected chi connectivity index (χ0v) is 13.7. The van der Waals surface area contributed by atoms with Gasteiger partial charge in [0, 0.05) is 31.2 Å². The second kappa shape index (κ2) is 6.76. The van der Waals surface area contributed by atoms with Crippen LogP contribution in [0.1, 0.15) is 18.5 Å². The number of thioether (sulfide) groups is 1. The number of aromatic nitrogens is 2. The third kappa shape index (κ3) is 3.48. The first kappa shape index (κ1) is 15.5. The molecule has 0 amide bonds. The molecule has 0 aliphatic carbocycles. The van der Waals surface area contributed by atoms with Gasteiger partial charge in [0.25, 0.3) is 0 Å². The van der Waals surface area contributed by atoms with Crippen molar-refractivity contribution in [3.63, 3.8) is 0 Å². The Morgan fingerprint density at radius 3 is 2.55 bits per heavy atom. The van der Waals surface area contributed by atoms with Gasteiger partial charge < -0.3 is 0 Å². The van der Waals surface area contributed by atoms with E-state index in [-0.39, 0.29) is 4.90 Å². The summed E-state index contributed by atoms with van der Waals surface area (Å²) in [5, 5.41) is 0.797. The van der Waals surface area contributed by atoms with E-state index in [2.05, 4.69) is 9.97 Å². The third-order valence-electron chi connectivity index (χ3n) is 3.51. The molecule has 0 spiro atoms. The van der Waals surface area contributed by atoms with Crippen LogP contribution in [0.15, 0.2) is 52.6 Å². The minimum atomic E-state index is -3.37. The molecule has 5 nitrogen and oxygen atoms in total. The summed E-state index contributed by atoms with van der Waals surface area (Å²) in [5.41, 5.74) is 0.975. The van der Waals surface area contributed by atoms with Crippen LogP contribution in [-0.4, -0.2) is 35.8 Å². The molecule has 1 aliphatic heterocycles. The summed E-state index contributed by atoms with van der Waals surface area (Å²) in [6.07, 6.45) is 5.08. The first-order valence-corrected chi connectivity index (χ1v) is 9.58. The van der Waals surface area contributed by atoms with Gasteiger partial charge in [-0.2, -0.15) is 4.31 Å². The van der Waals surface area contributed by atoms with E-state index in [9.17, 15) is 8.42 Å². The van der Waals surface area contributed by atoms with Gasteiger partial charge in [0.15, 0.2) is 0 Å². The number of hydrogen-bond acceptors (Lipinski definition) is 5. The van der Waals surface area contributed by atoms with E-state index in [1.807, 2.05) is 18.2 Å². The van der Waals surface area contributed by atoms with Crippen LogP contribution in [0.5, 0.6) is 0 Å². The van der Waals surface area contributed by atoms with Crippen molar-refractivity contribution in [1.29, 1.82) is 0 Å². The van der Waals surface area contributed by atoms with Crippen molar-refractivity contribution in [1.82, 2.24) is 14.3 Å². The third-order valence-corrected chi connectivity index (χ3v) is 6.37. The van der Waals surface area contributed by atoms with Crippen molar-refractivity contribution in [2.24, 2.45) is 0 Å². The van der Waals surface area contributed by atoms with Gasteiger partial charge in [0.2, 0.25) is 10.0 Å². The summed E-state index contributed by atoms with van der Waals surface area (Å²) >= 11 is 1.54. The molecule has 3 rings (SSSR count). The predicted molar refractivity (Wildman–Crippen MR) is 86.0 cm³/mol. The zero-order valence-electron chi connectivity index (χ0n) is 12.1. The number of rotatable bonds is 5. The SMILES string of the molecule is O=S(=O)(c1ccc(SCc2ccccn2)nc1)N1CCCC1. The molecule has 0 bridgehead atoms. The van der Waals surface area contributed by atoms with Gasteiger partial charge in [-0.05, 0) is 37.1 Å². The van der Waals surface area contributed by atoms with E-state index in [0.717, 1.165) is 23.6 Å². The second-order valence-electron chi connectivity index (χ2n) is 5.05. The molecule has 7 heteroatoms. The Morgan fingerprint density at radius 1 is 1.09 bits per heavy atom. The lowest BCUT2D eigenvalue weighted by Gasteiger charge is -2.15. The highest BCUT2D eigenvalue weighted by Gasteiger charge is 2.27. The van der Waals surface area contributed by atoms with Gasteiger partial charge in [-0.25, -0.2) is 13.4 Å². The maximum atomic E-state index is 12.4. The Hall–Kier alpha value is -1.44. The summed E-state index contributed by atoms with van der Waals surface area (Å²) in [6.45, 7) is 1.22. The zero-order chi connectivity index (χ0) is 15.4. The van der Waals surface area contributed by atoms with Crippen molar-refractivity contribution >= 4 is 21.8 Å². The Kier molecular flexibility index (Phi) is 4.75. The molecule has 116 valence electrons. The summed E-state index contributed by atoms with van der Waals surface area (Å²) in [7, 11) is -3.37. The van der Waals surface area contributed by atoms with Crippen LogP contribution in [0, 0.1) is 0 Å². The average Bonchev–Trinajstić information content (AvgIpc) is 3.10. The summed E-state index contributed by atoms with van der Waals surface area (Å²) in [5.74, 6) is 0.714. The lowest BCUT2D eigenvalue weighted by atomic mass is 10.4. The van der Waals surface area contributed by atoms with Crippen LogP contribution in [0.25, 0.3) is 0 Å². The first-order valence-electron chi connectivity index (χ1n) is 7.15. The van der Waals surface area contributed by atoms with Crippen LogP contribution >= 0.6 is 11.8 Å². The molecule has 2 aromatic rings. The summed E-state index contributed by atoms with van der Waals surface area (Å²) in [6, 6.07) is 9.18. The molecule has 0 aromatic carbocycles. The van der Waals surface area contributed by atoms with Gasteiger partial charge in [0.05, 0.1) is 10.7 Å². The van der Waals surface area contributed by atoms with Crippen molar-refractivity contribution < 1.29 is 8.42 Å².